The average molecular weight is 329 g/mol. The summed E-state index contributed by atoms with van der Waals surface area (Å²) < 4.78 is 13.1. The molecule has 1 unspecified atom stereocenters. The Morgan fingerprint density at radius 3 is 3.08 bits per heavy atom. The second kappa shape index (κ2) is 6.46. The van der Waals surface area contributed by atoms with E-state index in [1.165, 1.54) is 0 Å². The molecule has 0 bridgehead atoms. The van der Waals surface area contributed by atoms with Gasteiger partial charge in [-0.1, -0.05) is 0 Å². The molecule has 126 valence electrons. The minimum Gasteiger partial charge on any atom is -0.478 e. The third kappa shape index (κ3) is 3.04. The second-order valence-corrected chi connectivity index (χ2v) is 5.97. The molecule has 0 aromatic carbocycles. The van der Waals surface area contributed by atoms with Crippen LogP contribution in [0.3, 0.4) is 0 Å². The topological polar surface area (TPSA) is 82.4 Å². The van der Waals surface area contributed by atoms with E-state index in [0.717, 1.165) is 25.8 Å². The number of hydrogen-bond acceptors (Lipinski definition) is 6. The highest BCUT2D eigenvalue weighted by Crippen LogP contribution is 2.22. The Hall–Kier alpha value is -2.64. The Morgan fingerprint density at radius 1 is 1.29 bits per heavy atom. The number of rotatable bonds is 3. The number of likely N-dealkylation sites (tertiary alicyclic amines) is 1. The highest BCUT2D eigenvalue weighted by atomic mass is 16.5. The monoisotopic (exact) mass is 329 g/mol. The second-order valence-electron chi connectivity index (χ2n) is 5.97. The van der Waals surface area contributed by atoms with Crippen molar-refractivity contribution in [2.75, 3.05) is 19.7 Å². The lowest BCUT2D eigenvalue weighted by atomic mass is 10.1. The third-order valence-electron chi connectivity index (χ3n) is 4.22. The standard InChI is InChI=1S/C16H19N5O3/c22-16(13-9-15-21(19-13)7-2-8-23-15)20-6-1-3-12(11-20)24-14-10-17-4-5-18-14/h4-5,9-10,12H,1-3,6-8,11H2. The zero-order valence-corrected chi connectivity index (χ0v) is 13.3. The van der Waals surface area contributed by atoms with Gasteiger partial charge in [-0.15, -0.1) is 0 Å². The Balaban J connectivity index is 1.43. The van der Waals surface area contributed by atoms with E-state index in [0.29, 0.717) is 37.2 Å². The third-order valence-corrected chi connectivity index (χ3v) is 4.22. The van der Waals surface area contributed by atoms with Crippen LogP contribution in [0.4, 0.5) is 0 Å². The number of aromatic nitrogens is 4. The van der Waals surface area contributed by atoms with Gasteiger partial charge in [-0.2, -0.15) is 5.10 Å². The molecule has 0 N–H and O–H groups in total. The van der Waals surface area contributed by atoms with Crippen LogP contribution in [0.2, 0.25) is 0 Å². The fourth-order valence-electron chi connectivity index (χ4n) is 3.07. The molecule has 0 radical (unpaired) electrons. The highest BCUT2D eigenvalue weighted by Gasteiger charge is 2.28. The Morgan fingerprint density at radius 2 is 2.25 bits per heavy atom. The van der Waals surface area contributed by atoms with E-state index in [9.17, 15) is 4.79 Å². The predicted octanol–water partition coefficient (Wildman–Crippen LogP) is 1.14. The van der Waals surface area contributed by atoms with Crippen LogP contribution in [0.15, 0.2) is 24.7 Å². The van der Waals surface area contributed by atoms with Crippen molar-refractivity contribution in [3.05, 3.63) is 30.4 Å². The molecule has 4 rings (SSSR count). The Labute approximate surface area is 139 Å². The van der Waals surface area contributed by atoms with Crippen LogP contribution in [0.25, 0.3) is 0 Å². The molecule has 2 aromatic rings. The van der Waals surface area contributed by atoms with E-state index in [-0.39, 0.29) is 12.0 Å². The van der Waals surface area contributed by atoms with Crippen LogP contribution in [0, 0.1) is 0 Å². The molecule has 8 nitrogen and oxygen atoms in total. The van der Waals surface area contributed by atoms with E-state index in [1.807, 2.05) is 0 Å². The molecule has 2 aliphatic heterocycles. The van der Waals surface area contributed by atoms with Crippen molar-refractivity contribution in [3.63, 3.8) is 0 Å². The van der Waals surface area contributed by atoms with Gasteiger partial charge < -0.3 is 14.4 Å². The molecule has 1 fully saturated rings. The molecular formula is C16H19N5O3. The maximum atomic E-state index is 12.7. The smallest absolute Gasteiger partial charge is 0.274 e. The summed E-state index contributed by atoms with van der Waals surface area (Å²) in [5.74, 6) is 1.09. The molecule has 0 spiro atoms. The normalized spacial score (nSPS) is 20.2. The summed E-state index contributed by atoms with van der Waals surface area (Å²) in [6.45, 7) is 2.71. The summed E-state index contributed by atoms with van der Waals surface area (Å²) in [6.07, 6.45) is 7.40. The van der Waals surface area contributed by atoms with Gasteiger partial charge in [0, 0.05) is 38.0 Å². The SMILES string of the molecule is O=C(c1cc2n(n1)CCCO2)N1CCCC(Oc2cnccn2)C1. The van der Waals surface area contributed by atoms with Gasteiger partial charge in [0.05, 0.1) is 19.3 Å². The lowest BCUT2D eigenvalue weighted by molar-refractivity contribution is 0.0521. The molecule has 1 amide bonds. The van der Waals surface area contributed by atoms with Crippen molar-refractivity contribution in [2.45, 2.75) is 31.9 Å². The van der Waals surface area contributed by atoms with E-state index in [2.05, 4.69) is 15.1 Å². The molecule has 1 atom stereocenters. The van der Waals surface area contributed by atoms with E-state index in [1.54, 1.807) is 34.2 Å². The molecule has 8 heteroatoms. The first-order valence-electron chi connectivity index (χ1n) is 8.22. The number of carbonyl (C=O) groups excluding carboxylic acids is 1. The fraction of sp³-hybridized carbons (Fsp3) is 0.500. The predicted molar refractivity (Wildman–Crippen MR) is 83.9 cm³/mol. The van der Waals surface area contributed by atoms with Gasteiger partial charge in [0.15, 0.2) is 5.69 Å². The summed E-state index contributed by atoms with van der Waals surface area (Å²) >= 11 is 0. The Bertz CT molecular complexity index is 694. The van der Waals surface area contributed by atoms with Crippen LogP contribution in [-0.4, -0.2) is 56.4 Å². The molecular weight excluding hydrogens is 310 g/mol. The lowest BCUT2D eigenvalue weighted by Gasteiger charge is -2.32. The van der Waals surface area contributed by atoms with Crippen LogP contribution < -0.4 is 9.47 Å². The number of nitrogens with zero attached hydrogens (tertiary/aromatic N) is 5. The molecule has 4 heterocycles. The molecule has 0 saturated carbocycles. The number of hydrogen-bond donors (Lipinski definition) is 0. The molecule has 2 aromatic heterocycles. The minimum atomic E-state index is -0.0760. The maximum absolute atomic E-state index is 12.7. The fourth-order valence-corrected chi connectivity index (χ4v) is 3.07. The number of piperidine rings is 1. The van der Waals surface area contributed by atoms with Crippen LogP contribution >= 0.6 is 0 Å². The van der Waals surface area contributed by atoms with Crippen molar-refractivity contribution >= 4 is 5.91 Å². The summed E-state index contributed by atoms with van der Waals surface area (Å²) in [5.41, 5.74) is 0.437. The maximum Gasteiger partial charge on any atom is 0.274 e. The van der Waals surface area contributed by atoms with Gasteiger partial charge in [-0.25, -0.2) is 9.67 Å². The van der Waals surface area contributed by atoms with Gasteiger partial charge in [0.1, 0.15) is 6.10 Å². The van der Waals surface area contributed by atoms with Crippen molar-refractivity contribution < 1.29 is 14.3 Å². The summed E-state index contributed by atoms with van der Waals surface area (Å²) in [5, 5.41) is 4.37. The quantitative estimate of drug-likeness (QED) is 0.840. The van der Waals surface area contributed by atoms with Gasteiger partial charge in [-0.05, 0) is 12.8 Å². The number of fused-ring (bicyclic) bond motifs is 1. The highest BCUT2D eigenvalue weighted by molar-refractivity contribution is 5.92. The van der Waals surface area contributed by atoms with Crippen molar-refractivity contribution in [3.8, 4) is 11.8 Å². The van der Waals surface area contributed by atoms with Crippen LogP contribution in [0.5, 0.6) is 11.8 Å². The minimum absolute atomic E-state index is 0.0760. The molecule has 1 saturated heterocycles. The largest absolute Gasteiger partial charge is 0.478 e. The molecule has 0 aliphatic carbocycles. The first-order valence-corrected chi connectivity index (χ1v) is 8.22. The van der Waals surface area contributed by atoms with Crippen LogP contribution in [-0.2, 0) is 6.54 Å². The first-order chi connectivity index (χ1) is 11.8. The molecule has 2 aliphatic rings. The number of carbonyl (C=O) groups is 1. The Kier molecular flexibility index (Phi) is 4.02. The number of aryl methyl sites for hydroxylation is 1. The van der Waals surface area contributed by atoms with Crippen LogP contribution in [0.1, 0.15) is 29.8 Å². The van der Waals surface area contributed by atoms with Crippen molar-refractivity contribution in [2.24, 2.45) is 0 Å². The zero-order valence-electron chi connectivity index (χ0n) is 13.3. The average Bonchev–Trinajstić information content (AvgIpc) is 3.06. The number of amides is 1. The summed E-state index contributed by atoms with van der Waals surface area (Å²) in [4.78, 5) is 22.6. The van der Waals surface area contributed by atoms with Crippen molar-refractivity contribution in [1.82, 2.24) is 24.6 Å². The lowest BCUT2D eigenvalue weighted by Crippen LogP contribution is -2.44. The summed E-state index contributed by atoms with van der Waals surface area (Å²) in [6, 6.07) is 1.73. The summed E-state index contributed by atoms with van der Waals surface area (Å²) in [7, 11) is 0. The number of ether oxygens (including phenoxy) is 2. The van der Waals surface area contributed by atoms with Gasteiger partial charge in [0.2, 0.25) is 11.8 Å². The van der Waals surface area contributed by atoms with E-state index < -0.39 is 0 Å². The first kappa shape index (κ1) is 14.9. The van der Waals surface area contributed by atoms with Gasteiger partial charge in [0.25, 0.3) is 5.91 Å². The zero-order chi connectivity index (χ0) is 16.4. The van der Waals surface area contributed by atoms with Crippen molar-refractivity contribution in [1.29, 1.82) is 0 Å². The van der Waals surface area contributed by atoms with Gasteiger partial charge in [-0.3, -0.25) is 9.78 Å². The van der Waals surface area contributed by atoms with E-state index >= 15 is 0 Å². The van der Waals surface area contributed by atoms with E-state index in [4.69, 9.17) is 9.47 Å². The molecule has 24 heavy (non-hydrogen) atoms. The van der Waals surface area contributed by atoms with Gasteiger partial charge >= 0.3 is 0 Å².